The number of pyridine rings is 1. The second kappa shape index (κ2) is 8.90. The molecule has 11 heteroatoms. The van der Waals surface area contributed by atoms with Gasteiger partial charge >= 0.3 is 6.18 Å². The number of aryl methyl sites for hydroxylation is 1. The van der Waals surface area contributed by atoms with E-state index in [1.165, 1.54) is 27.7 Å². The quantitative estimate of drug-likeness (QED) is 0.501. The first kappa shape index (κ1) is 23.4. The molecular formula is C22H21ClF4N4O2. The van der Waals surface area contributed by atoms with Crippen molar-refractivity contribution in [2.75, 3.05) is 24.6 Å². The lowest BCUT2D eigenvalue weighted by Crippen LogP contribution is -2.49. The van der Waals surface area contributed by atoms with E-state index < -0.39 is 30.2 Å². The molecule has 0 N–H and O–H groups in total. The molecule has 1 aromatic carbocycles. The first-order valence-electron chi connectivity index (χ1n) is 10.4. The number of hydrogen-bond donors (Lipinski definition) is 0. The van der Waals surface area contributed by atoms with Crippen molar-refractivity contribution < 1.29 is 22.3 Å². The first-order chi connectivity index (χ1) is 15.6. The van der Waals surface area contributed by atoms with Gasteiger partial charge in [0.05, 0.1) is 29.7 Å². The topological polar surface area (TPSA) is 60.3 Å². The molecule has 4 rings (SSSR count). The number of aromatic nitrogens is 3. The number of anilines is 1. The van der Waals surface area contributed by atoms with E-state index in [4.69, 9.17) is 16.3 Å². The van der Waals surface area contributed by atoms with Crippen LogP contribution in [0.15, 0.2) is 29.1 Å². The average molecular weight is 485 g/mol. The predicted molar refractivity (Wildman–Crippen MR) is 117 cm³/mol. The highest BCUT2D eigenvalue weighted by atomic mass is 35.5. The average Bonchev–Trinajstić information content (AvgIpc) is 2.75. The number of nitrogens with zero attached hydrogens (tertiary/aromatic N) is 4. The number of fused-ring (bicyclic) bond motifs is 1. The minimum Gasteiger partial charge on any atom is -0.365 e. The Hall–Kier alpha value is -2.72. The summed E-state index contributed by atoms with van der Waals surface area (Å²) in [5.41, 5.74) is -0.140. The Morgan fingerprint density at radius 3 is 2.67 bits per heavy atom. The molecule has 1 aliphatic rings. The van der Waals surface area contributed by atoms with Crippen molar-refractivity contribution in [2.24, 2.45) is 0 Å². The van der Waals surface area contributed by atoms with E-state index in [-0.39, 0.29) is 46.2 Å². The Labute approximate surface area is 191 Å². The number of benzene rings is 1. The Balaban J connectivity index is 1.95. The molecule has 0 bridgehead atoms. The van der Waals surface area contributed by atoms with Crippen molar-refractivity contribution in [1.82, 2.24) is 14.5 Å². The summed E-state index contributed by atoms with van der Waals surface area (Å²) in [6.07, 6.45) is -5.84. The molecule has 1 fully saturated rings. The van der Waals surface area contributed by atoms with Crippen LogP contribution >= 0.6 is 11.6 Å². The SMILES string of the molecule is CCCn1c(C)nc2cc(N3CCOC(C(F)(F)F)C3)nc(-c3ccc(Cl)cc3F)c2c1=O. The van der Waals surface area contributed by atoms with E-state index in [0.717, 1.165) is 6.07 Å². The highest BCUT2D eigenvalue weighted by molar-refractivity contribution is 6.30. The number of morpholine rings is 1. The van der Waals surface area contributed by atoms with E-state index in [0.29, 0.717) is 18.8 Å². The minimum absolute atomic E-state index is 0.00840. The fourth-order valence-electron chi connectivity index (χ4n) is 3.91. The number of halogens is 5. The van der Waals surface area contributed by atoms with Crippen LogP contribution in [0, 0.1) is 12.7 Å². The Morgan fingerprint density at radius 2 is 2.00 bits per heavy atom. The molecule has 1 saturated heterocycles. The molecular weight excluding hydrogens is 464 g/mol. The number of rotatable bonds is 4. The van der Waals surface area contributed by atoms with Gasteiger partial charge in [0.2, 0.25) is 0 Å². The summed E-state index contributed by atoms with van der Waals surface area (Å²) in [5.74, 6) is -0.0984. The van der Waals surface area contributed by atoms with Crippen LogP contribution in [0.25, 0.3) is 22.2 Å². The van der Waals surface area contributed by atoms with E-state index in [2.05, 4.69) is 9.97 Å². The molecule has 1 unspecified atom stereocenters. The van der Waals surface area contributed by atoms with Crippen LogP contribution in [0.4, 0.5) is 23.4 Å². The van der Waals surface area contributed by atoms with Gasteiger partial charge in [0, 0.05) is 29.7 Å². The molecule has 0 radical (unpaired) electrons. The maximum atomic E-state index is 14.9. The van der Waals surface area contributed by atoms with Crippen molar-refractivity contribution in [3.05, 3.63) is 51.3 Å². The van der Waals surface area contributed by atoms with Crippen molar-refractivity contribution >= 4 is 28.3 Å². The number of hydrogen-bond acceptors (Lipinski definition) is 5. The summed E-state index contributed by atoms with van der Waals surface area (Å²) in [7, 11) is 0. The molecule has 33 heavy (non-hydrogen) atoms. The monoisotopic (exact) mass is 484 g/mol. The minimum atomic E-state index is -4.54. The Kier molecular flexibility index (Phi) is 6.32. The molecule has 0 saturated carbocycles. The first-order valence-corrected chi connectivity index (χ1v) is 10.8. The highest BCUT2D eigenvalue weighted by Gasteiger charge is 2.43. The third-order valence-electron chi connectivity index (χ3n) is 5.51. The van der Waals surface area contributed by atoms with Crippen LogP contribution in [0.5, 0.6) is 0 Å². The largest absolute Gasteiger partial charge is 0.416 e. The summed E-state index contributed by atoms with van der Waals surface area (Å²) in [6.45, 7) is 3.52. The Bertz CT molecular complexity index is 1260. The van der Waals surface area contributed by atoms with Crippen molar-refractivity contribution in [3.63, 3.8) is 0 Å². The van der Waals surface area contributed by atoms with Crippen molar-refractivity contribution in [3.8, 4) is 11.3 Å². The number of ether oxygens (including phenoxy) is 1. The van der Waals surface area contributed by atoms with E-state index in [9.17, 15) is 22.4 Å². The van der Waals surface area contributed by atoms with Crippen molar-refractivity contribution in [2.45, 2.75) is 39.1 Å². The van der Waals surface area contributed by atoms with Gasteiger partial charge in [-0.2, -0.15) is 13.2 Å². The third kappa shape index (κ3) is 4.54. The summed E-state index contributed by atoms with van der Waals surface area (Å²) < 4.78 is 61.0. The molecule has 0 spiro atoms. The lowest BCUT2D eigenvalue weighted by atomic mass is 10.1. The van der Waals surface area contributed by atoms with Gasteiger partial charge in [-0.15, -0.1) is 0 Å². The summed E-state index contributed by atoms with van der Waals surface area (Å²) >= 11 is 5.89. The van der Waals surface area contributed by atoms with E-state index in [1.807, 2.05) is 6.92 Å². The highest BCUT2D eigenvalue weighted by Crippen LogP contribution is 2.33. The maximum Gasteiger partial charge on any atom is 0.416 e. The number of alkyl halides is 3. The van der Waals surface area contributed by atoms with Gasteiger partial charge in [-0.1, -0.05) is 18.5 Å². The summed E-state index contributed by atoms with van der Waals surface area (Å²) in [5, 5.41) is 0.259. The smallest absolute Gasteiger partial charge is 0.365 e. The molecule has 3 heterocycles. The van der Waals surface area contributed by atoms with Crippen LogP contribution in [0.3, 0.4) is 0 Å². The second-order valence-electron chi connectivity index (χ2n) is 7.81. The zero-order valence-corrected chi connectivity index (χ0v) is 18.7. The third-order valence-corrected chi connectivity index (χ3v) is 5.74. The molecule has 3 aromatic rings. The van der Waals surface area contributed by atoms with Crippen LogP contribution < -0.4 is 10.5 Å². The molecule has 2 aromatic heterocycles. The summed E-state index contributed by atoms with van der Waals surface area (Å²) in [4.78, 5) is 23.7. The zero-order chi connectivity index (χ0) is 23.9. The lowest BCUT2D eigenvalue weighted by Gasteiger charge is -2.34. The molecule has 6 nitrogen and oxygen atoms in total. The summed E-state index contributed by atoms with van der Waals surface area (Å²) in [6, 6.07) is 5.42. The fourth-order valence-corrected chi connectivity index (χ4v) is 4.07. The second-order valence-corrected chi connectivity index (χ2v) is 8.25. The molecule has 0 amide bonds. The van der Waals surface area contributed by atoms with Gasteiger partial charge in [0.1, 0.15) is 17.5 Å². The zero-order valence-electron chi connectivity index (χ0n) is 17.9. The van der Waals surface area contributed by atoms with Crippen LogP contribution in [0.2, 0.25) is 5.02 Å². The van der Waals surface area contributed by atoms with Crippen LogP contribution in [-0.4, -0.2) is 46.5 Å². The lowest BCUT2D eigenvalue weighted by molar-refractivity contribution is -0.221. The predicted octanol–water partition coefficient (Wildman–Crippen LogP) is 4.74. The molecule has 176 valence electrons. The van der Waals surface area contributed by atoms with Gasteiger partial charge in [-0.05, 0) is 31.5 Å². The molecule has 1 aliphatic heterocycles. The normalized spacial score (nSPS) is 17.1. The Morgan fingerprint density at radius 1 is 1.24 bits per heavy atom. The standard InChI is InChI=1S/C22H21ClF4N4O2/c1-3-6-31-12(2)28-16-10-18(30-7-8-33-17(11-30)22(25,26)27)29-20(19(16)21(31)32)14-5-4-13(23)9-15(14)24/h4-5,9-10,17H,3,6-8,11H2,1-2H3. The van der Waals surface area contributed by atoms with E-state index >= 15 is 0 Å². The van der Waals surface area contributed by atoms with Crippen LogP contribution in [0.1, 0.15) is 19.2 Å². The van der Waals surface area contributed by atoms with Gasteiger partial charge < -0.3 is 9.64 Å². The van der Waals surface area contributed by atoms with Gasteiger partial charge in [-0.25, -0.2) is 14.4 Å². The van der Waals surface area contributed by atoms with E-state index in [1.54, 1.807) is 6.92 Å². The fraction of sp³-hybridized carbons (Fsp3) is 0.409. The van der Waals surface area contributed by atoms with Crippen molar-refractivity contribution in [1.29, 1.82) is 0 Å². The van der Waals surface area contributed by atoms with Gasteiger partial charge in [0.25, 0.3) is 5.56 Å². The maximum absolute atomic E-state index is 14.9. The van der Waals surface area contributed by atoms with Gasteiger partial charge in [-0.3, -0.25) is 9.36 Å². The molecule has 0 aliphatic carbocycles. The van der Waals surface area contributed by atoms with Crippen LogP contribution in [-0.2, 0) is 11.3 Å². The van der Waals surface area contributed by atoms with Gasteiger partial charge in [0.15, 0.2) is 6.10 Å². The molecule has 1 atom stereocenters.